The van der Waals surface area contributed by atoms with Crippen molar-refractivity contribution in [1.82, 2.24) is 9.97 Å². The zero-order valence-corrected chi connectivity index (χ0v) is 9.99. The number of nitrogens with one attached hydrogen (secondary N) is 2. The molecule has 0 unspecified atom stereocenters. The lowest BCUT2D eigenvalue weighted by atomic mass is 10.4. The summed E-state index contributed by atoms with van der Waals surface area (Å²) >= 11 is 5.06. The molecule has 0 saturated carbocycles. The maximum absolute atomic E-state index is 5.06. The van der Waals surface area contributed by atoms with Gasteiger partial charge in [-0.3, -0.25) is 0 Å². The average molecular weight is 227 g/mol. The van der Waals surface area contributed by atoms with Gasteiger partial charge in [0.25, 0.3) is 0 Å². The van der Waals surface area contributed by atoms with Crippen LogP contribution in [0.4, 0.5) is 5.82 Å². The lowest BCUT2D eigenvalue weighted by molar-refractivity contribution is 0.197. The number of hydrogen-bond acceptors (Lipinski definition) is 4. The van der Waals surface area contributed by atoms with Crippen molar-refractivity contribution in [3.05, 3.63) is 16.5 Å². The third kappa shape index (κ3) is 4.40. The Hall–Kier alpha value is -0.940. The van der Waals surface area contributed by atoms with Crippen molar-refractivity contribution in [3.8, 4) is 0 Å². The molecule has 0 radical (unpaired) electrons. The van der Waals surface area contributed by atoms with Crippen molar-refractivity contribution in [2.24, 2.45) is 0 Å². The van der Waals surface area contributed by atoms with Gasteiger partial charge >= 0.3 is 0 Å². The van der Waals surface area contributed by atoms with E-state index in [2.05, 4.69) is 15.3 Å². The van der Waals surface area contributed by atoms with Gasteiger partial charge < -0.3 is 15.0 Å². The highest BCUT2D eigenvalue weighted by atomic mass is 32.1. The van der Waals surface area contributed by atoms with Crippen LogP contribution in [0, 0.1) is 4.64 Å². The number of ether oxygens (including phenoxy) is 1. The van der Waals surface area contributed by atoms with Crippen LogP contribution < -0.4 is 5.32 Å². The summed E-state index contributed by atoms with van der Waals surface area (Å²) in [4.78, 5) is 7.37. The van der Waals surface area contributed by atoms with Gasteiger partial charge in [0.15, 0.2) is 0 Å². The molecule has 84 valence electrons. The first-order valence-corrected chi connectivity index (χ1v) is 5.50. The van der Waals surface area contributed by atoms with E-state index in [1.807, 2.05) is 13.0 Å². The number of methoxy groups -OCH3 is 1. The fourth-order valence-corrected chi connectivity index (χ4v) is 1.44. The summed E-state index contributed by atoms with van der Waals surface area (Å²) < 4.78 is 5.59. The zero-order valence-electron chi connectivity index (χ0n) is 9.17. The van der Waals surface area contributed by atoms with E-state index in [1.165, 1.54) is 0 Å². The van der Waals surface area contributed by atoms with E-state index in [0.29, 0.717) is 4.64 Å². The van der Waals surface area contributed by atoms with Crippen molar-refractivity contribution in [2.75, 3.05) is 25.6 Å². The maximum atomic E-state index is 5.06. The Labute approximate surface area is 95.1 Å². The molecule has 0 amide bonds. The van der Waals surface area contributed by atoms with E-state index in [1.54, 1.807) is 7.11 Å². The molecule has 0 aliphatic rings. The molecule has 1 aromatic rings. The Kier molecular flexibility index (Phi) is 5.28. The number of nitrogens with zero attached hydrogens (tertiary/aromatic N) is 1. The normalized spacial score (nSPS) is 10.3. The molecule has 2 N–H and O–H groups in total. The molecule has 5 heteroatoms. The van der Waals surface area contributed by atoms with Crippen LogP contribution in [-0.2, 0) is 11.2 Å². The second-order valence-electron chi connectivity index (χ2n) is 3.21. The van der Waals surface area contributed by atoms with E-state index in [4.69, 9.17) is 17.0 Å². The van der Waals surface area contributed by atoms with Crippen molar-refractivity contribution in [2.45, 2.75) is 19.8 Å². The number of anilines is 1. The maximum Gasteiger partial charge on any atom is 0.131 e. The van der Waals surface area contributed by atoms with E-state index in [0.717, 1.165) is 37.6 Å². The van der Waals surface area contributed by atoms with Crippen LogP contribution in [0.3, 0.4) is 0 Å². The third-order valence-corrected chi connectivity index (χ3v) is 2.18. The summed E-state index contributed by atoms with van der Waals surface area (Å²) in [6.45, 7) is 3.67. The molecule has 4 nitrogen and oxygen atoms in total. The second kappa shape index (κ2) is 6.53. The molecule has 0 aromatic carbocycles. The number of hydrogen-bond donors (Lipinski definition) is 2. The number of H-pyrrole nitrogens is 1. The monoisotopic (exact) mass is 227 g/mol. The summed E-state index contributed by atoms with van der Waals surface area (Å²) in [5, 5.41) is 3.25. The van der Waals surface area contributed by atoms with Gasteiger partial charge in [-0.2, -0.15) is 0 Å². The highest BCUT2D eigenvalue weighted by Crippen LogP contribution is 2.04. The Morgan fingerprint density at radius 2 is 2.40 bits per heavy atom. The molecule has 1 heterocycles. The fourth-order valence-electron chi connectivity index (χ4n) is 1.21. The first-order chi connectivity index (χ1) is 7.26. The molecule has 0 bridgehead atoms. The molecule has 0 aliphatic heterocycles. The molecule has 0 spiro atoms. The summed E-state index contributed by atoms with van der Waals surface area (Å²) in [5.41, 5.74) is 0. The molecule has 1 rings (SSSR count). The highest BCUT2D eigenvalue weighted by molar-refractivity contribution is 7.71. The van der Waals surface area contributed by atoms with Crippen LogP contribution in [0.5, 0.6) is 0 Å². The van der Waals surface area contributed by atoms with Crippen molar-refractivity contribution in [1.29, 1.82) is 0 Å². The van der Waals surface area contributed by atoms with Crippen LogP contribution in [-0.4, -0.2) is 30.2 Å². The predicted molar refractivity (Wildman–Crippen MR) is 63.8 cm³/mol. The topological polar surface area (TPSA) is 49.9 Å². The lowest BCUT2D eigenvalue weighted by Crippen LogP contribution is -2.07. The van der Waals surface area contributed by atoms with Crippen LogP contribution in [0.25, 0.3) is 0 Å². The summed E-state index contributed by atoms with van der Waals surface area (Å²) in [6, 6.07) is 1.83. The van der Waals surface area contributed by atoms with Gasteiger partial charge in [-0.25, -0.2) is 4.98 Å². The van der Waals surface area contributed by atoms with Crippen LogP contribution >= 0.6 is 12.2 Å². The van der Waals surface area contributed by atoms with Crippen molar-refractivity contribution >= 4 is 18.0 Å². The SMILES string of the molecule is CCc1nc(=S)cc(NCCCOC)[nH]1. The number of aryl methyl sites for hydroxylation is 1. The second-order valence-corrected chi connectivity index (χ2v) is 3.62. The van der Waals surface area contributed by atoms with Gasteiger partial charge in [-0.1, -0.05) is 19.1 Å². The van der Waals surface area contributed by atoms with Gasteiger partial charge in [-0.05, 0) is 6.42 Å². The number of rotatable bonds is 6. The smallest absolute Gasteiger partial charge is 0.131 e. The van der Waals surface area contributed by atoms with Crippen molar-refractivity contribution in [3.63, 3.8) is 0 Å². The van der Waals surface area contributed by atoms with Gasteiger partial charge in [0.2, 0.25) is 0 Å². The van der Waals surface area contributed by atoms with Crippen LogP contribution in [0.2, 0.25) is 0 Å². The molecule has 0 saturated heterocycles. The first-order valence-electron chi connectivity index (χ1n) is 5.09. The molecule has 1 aromatic heterocycles. The minimum absolute atomic E-state index is 0.625. The van der Waals surface area contributed by atoms with Gasteiger partial charge in [-0.15, -0.1) is 0 Å². The average Bonchev–Trinajstić information content (AvgIpc) is 2.23. The molecular weight excluding hydrogens is 210 g/mol. The van der Waals surface area contributed by atoms with E-state index in [9.17, 15) is 0 Å². The minimum atomic E-state index is 0.625. The van der Waals surface area contributed by atoms with Gasteiger partial charge in [0.1, 0.15) is 16.3 Å². The quantitative estimate of drug-likeness (QED) is 0.577. The van der Waals surface area contributed by atoms with Gasteiger partial charge in [0.05, 0.1) is 0 Å². The van der Waals surface area contributed by atoms with E-state index < -0.39 is 0 Å². The standard InChI is InChI=1S/C10H17N3OS/c1-3-8-12-9(7-10(15)13-8)11-5-4-6-14-2/h7H,3-6H2,1-2H3,(H2,11,12,13,15). The predicted octanol–water partition coefficient (Wildman–Crippen LogP) is 2.15. The summed E-state index contributed by atoms with van der Waals surface area (Å²) in [6.07, 6.45) is 1.83. The van der Waals surface area contributed by atoms with E-state index >= 15 is 0 Å². The Bertz CT molecular complexity index is 351. The Morgan fingerprint density at radius 1 is 1.60 bits per heavy atom. The third-order valence-electron chi connectivity index (χ3n) is 1.97. The number of aromatic nitrogens is 2. The summed E-state index contributed by atoms with van der Waals surface area (Å²) in [7, 11) is 1.70. The largest absolute Gasteiger partial charge is 0.385 e. The molecule has 15 heavy (non-hydrogen) atoms. The van der Waals surface area contributed by atoms with Crippen LogP contribution in [0.15, 0.2) is 6.07 Å². The van der Waals surface area contributed by atoms with E-state index in [-0.39, 0.29) is 0 Å². The highest BCUT2D eigenvalue weighted by Gasteiger charge is 1.96. The van der Waals surface area contributed by atoms with Crippen molar-refractivity contribution < 1.29 is 4.74 Å². The summed E-state index contributed by atoms with van der Waals surface area (Å²) in [5.74, 6) is 1.85. The molecule has 0 atom stereocenters. The lowest BCUT2D eigenvalue weighted by Gasteiger charge is -2.07. The zero-order chi connectivity index (χ0) is 11.1. The fraction of sp³-hybridized carbons (Fsp3) is 0.600. The van der Waals surface area contributed by atoms with Crippen LogP contribution in [0.1, 0.15) is 19.2 Å². The molecular formula is C10H17N3OS. The molecule has 0 fully saturated rings. The van der Waals surface area contributed by atoms with Gasteiger partial charge in [0, 0.05) is 32.7 Å². The number of aromatic amines is 1. The Morgan fingerprint density at radius 3 is 3.07 bits per heavy atom. The first kappa shape index (κ1) is 12.1. The Balaban J connectivity index is 2.53. The molecule has 0 aliphatic carbocycles. The minimum Gasteiger partial charge on any atom is -0.385 e.